The molecule has 1 heterocycles. The average molecular weight is 354 g/mol. The number of anilines is 2. The summed E-state index contributed by atoms with van der Waals surface area (Å²) in [6.45, 7) is 0.263. The highest BCUT2D eigenvalue weighted by Gasteiger charge is 2.07. The molecular formula is C13H10BrClN4O. The summed E-state index contributed by atoms with van der Waals surface area (Å²) in [5.41, 5.74) is 1.15. The van der Waals surface area contributed by atoms with Crippen molar-refractivity contribution < 1.29 is 4.74 Å². The molecule has 0 bridgehead atoms. The largest absolute Gasteiger partial charge is 0.377 e. The van der Waals surface area contributed by atoms with Gasteiger partial charge in [0.2, 0.25) is 0 Å². The van der Waals surface area contributed by atoms with Crippen LogP contribution in [0.4, 0.5) is 11.5 Å². The summed E-state index contributed by atoms with van der Waals surface area (Å²) in [4.78, 5) is 8.31. The first-order valence-electron chi connectivity index (χ1n) is 5.61. The summed E-state index contributed by atoms with van der Waals surface area (Å²) in [7, 11) is 1.56. The van der Waals surface area contributed by atoms with E-state index in [2.05, 4.69) is 37.3 Å². The van der Waals surface area contributed by atoms with E-state index < -0.39 is 0 Å². The van der Waals surface area contributed by atoms with Gasteiger partial charge in [-0.15, -0.1) is 0 Å². The fraction of sp³-hybridized carbons (Fsp3) is 0.154. The first-order valence-corrected chi connectivity index (χ1v) is 6.78. The van der Waals surface area contributed by atoms with E-state index in [-0.39, 0.29) is 6.61 Å². The Labute approximate surface area is 129 Å². The van der Waals surface area contributed by atoms with Crippen molar-refractivity contribution >= 4 is 39.0 Å². The third-order valence-corrected chi connectivity index (χ3v) is 3.07. The molecule has 0 atom stereocenters. The standard InChI is InChI=1S/C13H10BrClN4O/c1-20-7-13-18-11(15)5-12(19-13)17-10-4-9(14)3-2-8(10)6-16/h2-5H,7H2,1H3,(H,17,18,19). The Morgan fingerprint density at radius 1 is 1.40 bits per heavy atom. The molecule has 0 fully saturated rings. The predicted molar refractivity (Wildman–Crippen MR) is 79.9 cm³/mol. The minimum Gasteiger partial charge on any atom is -0.377 e. The Hall–Kier alpha value is -1.68. The highest BCUT2D eigenvalue weighted by atomic mass is 79.9. The highest BCUT2D eigenvalue weighted by molar-refractivity contribution is 9.10. The molecule has 7 heteroatoms. The number of methoxy groups -OCH3 is 1. The van der Waals surface area contributed by atoms with E-state index in [0.29, 0.717) is 28.0 Å². The summed E-state index contributed by atoms with van der Waals surface area (Å²) in [6, 6.07) is 9.01. The van der Waals surface area contributed by atoms with Gasteiger partial charge >= 0.3 is 0 Å². The monoisotopic (exact) mass is 352 g/mol. The van der Waals surface area contributed by atoms with Gasteiger partial charge in [0.25, 0.3) is 0 Å². The second-order valence-corrected chi connectivity index (χ2v) is 5.15. The Morgan fingerprint density at radius 2 is 2.20 bits per heavy atom. The van der Waals surface area contributed by atoms with Crippen molar-refractivity contribution in [3.05, 3.63) is 45.3 Å². The van der Waals surface area contributed by atoms with Crippen LogP contribution in [0.1, 0.15) is 11.4 Å². The molecule has 5 nitrogen and oxygen atoms in total. The van der Waals surface area contributed by atoms with Gasteiger partial charge in [-0.25, -0.2) is 9.97 Å². The maximum Gasteiger partial charge on any atom is 0.158 e. The summed E-state index contributed by atoms with van der Waals surface area (Å²) in [6.07, 6.45) is 0. The van der Waals surface area contributed by atoms with Crippen LogP contribution < -0.4 is 5.32 Å². The molecule has 2 rings (SSSR count). The number of nitrogens with one attached hydrogen (secondary N) is 1. The molecule has 0 saturated heterocycles. The van der Waals surface area contributed by atoms with E-state index in [1.807, 2.05) is 0 Å². The van der Waals surface area contributed by atoms with Crippen LogP contribution >= 0.6 is 27.5 Å². The summed E-state index contributed by atoms with van der Waals surface area (Å²) in [5.74, 6) is 0.975. The Morgan fingerprint density at radius 3 is 2.90 bits per heavy atom. The van der Waals surface area contributed by atoms with Gasteiger partial charge < -0.3 is 10.1 Å². The molecule has 1 aromatic carbocycles. The first kappa shape index (κ1) is 14.7. The second-order valence-electron chi connectivity index (χ2n) is 3.85. The van der Waals surface area contributed by atoms with Crippen LogP contribution in [-0.4, -0.2) is 17.1 Å². The normalized spacial score (nSPS) is 10.1. The molecule has 0 saturated carbocycles. The van der Waals surface area contributed by atoms with E-state index in [1.54, 1.807) is 31.4 Å². The number of nitriles is 1. The van der Waals surface area contributed by atoms with E-state index in [9.17, 15) is 0 Å². The fourth-order valence-electron chi connectivity index (χ4n) is 1.58. The molecular weight excluding hydrogens is 344 g/mol. The number of nitrogens with zero attached hydrogens (tertiary/aromatic N) is 3. The number of aromatic nitrogens is 2. The van der Waals surface area contributed by atoms with Crippen molar-refractivity contribution in [1.29, 1.82) is 5.26 Å². The zero-order valence-corrected chi connectivity index (χ0v) is 12.9. The fourth-order valence-corrected chi connectivity index (χ4v) is 2.14. The quantitative estimate of drug-likeness (QED) is 0.849. The molecule has 0 spiro atoms. The number of hydrogen-bond acceptors (Lipinski definition) is 5. The van der Waals surface area contributed by atoms with Crippen LogP contribution in [0, 0.1) is 11.3 Å². The zero-order valence-electron chi connectivity index (χ0n) is 10.5. The molecule has 0 radical (unpaired) electrons. The van der Waals surface area contributed by atoms with Crippen LogP contribution in [0.3, 0.4) is 0 Å². The van der Waals surface area contributed by atoms with Crippen molar-refractivity contribution in [2.24, 2.45) is 0 Å². The minimum atomic E-state index is 0.263. The maximum absolute atomic E-state index is 9.10. The van der Waals surface area contributed by atoms with Gasteiger partial charge in [-0.05, 0) is 18.2 Å². The third-order valence-electron chi connectivity index (χ3n) is 2.38. The topological polar surface area (TPSA) is 70.8 Å². The van der Waals surface area contributed by atoms with Gasteiger partial charge in [0.1, 0.15) is 23.6 Å². The van der Waals surface area contributed by atoms with Crippen LogP contribution in [0.5, 0.6) is 0 Å². The van der Waals surface area contributed by atoms with Gasteiger partial charge in [0, 0.05) is 17.6 Å². The summed E-state index contributed by atoms with van der Waals surface area (Å²) >= 11 is 9.30. The van der Waals surface area contributed by atoms with Gasteiger partial charge in [0.05, 0.1) is 11.3 Å². The van der Waals surface area contributed by atoms with E-state index in [4.69, 9.17) is 21.6 Å². The lowest BCUT2D eigenvalue weighted by Crippen LogP contribution is -2.02. The van der Waals surface area contributed by atoms with Crippen LogP contribution in [0.25, 0.3) is 0 Å². The Balaban J connectivity index is 2.35. The molecule has 20 heavy (non-hydrogen) atoms. The van der Waals surface area contributed by atoms with E-state index in [1.165, 1.54) is 0 Å². The van der Waals surface area contributed by atoms with Crippen LogP contribution in [0.2, 0.25) is 5.15 Å². The average Bonchev–Trinajstić information content (AvgIpc) is 2.38. The first-order chi connectivity index (χ1) is 9.62. The maximum atomic E-state index is 9.10. The molecule has 1 N–H and O–H groups in total. The number of halogens is 2. The second kappa shape index (κ2) is 6.66. The van der Waals surface area contributed by atoms with Crippen molar-refractivity contribution in [1.82, 2.24) is 9.97 Å². The molecule has 0 amide bonds. The van der Waals surface area contributed by atoms with Gasteiger partial charge in [-0.2, -0.15) is 5.26 Å². The lowest BCUT2D eigenvalue weighted by molar-refractivity contribution is 0.178. The van der Waals surface area contributed by atoms with Crippen molar-refractivity contribution in [3.63, 3.8) is 0 Å². The lowest BCUT2D eigenvalue weighted by atomic mass is 10.2. The molecule has 2 aromatic rings. The Bertz CT molecular complexity index is 672. The third kappa shape index (κ3) is 3.67. The number of rotatable bonds is 4. The van der Waals surface area contributed by atoms with E-state index in [0.717, 1.165) is 4.47 Å². The van der Waals surface area contributed by atoms with Crippen molar-refractivity contribution in [3.8, 4) is 6.07 Å². The van der Waals surface area contributed by atoms with Crippen molar-refractivity contribution in [2.45, 2.75) is 6.61 Å². The minimum absolute atomic E-state index is 0.263. The molecule has 0 aliphatic rings. The lowest BCUT2D eigenvalue weighted by Gasteiger charge is -2.09. The van der Waals surface area contributed by atoms with Gasteiger partial charge in [-0.1, -0.05) is 27.5 Å². The number of hydrogen-bond donors (Lipinski definition) is 1. The summed E-state index contributed by atoms with van der Waals surface area (Å²) in [5, 5.41) is 12.5. The SMILES string of the molecule is COCc1nc(Cl)cc(Nc2cc(Br)ccc2C#N)n1. The molecule has 102 valence electrons. The number of benzene rings is 1. The van der Waals surface area contributed by atoms with Crippen LogP contribution in [0.15, 0.2) is 28.7 Å². The highest BCUT2D eigenvalue weighted by Crippen LogP contribution is 2.24. The molecule has 0 unspecified atom stereocenters. The zero-order chi connectivity index (χ0) is 14.5. The molecule has 1 aromatic heterocycles. The van der Waals surface area contributed by atoms with Gasteiger partial charge in [0.15, 0.2) is 5.82 Å². The predicted octanol–water partition coefficient (Wildman–Crippen LogP) is 3.65. The smallest absolute Gasteiger partial charge is 0.158 e. The number of ether oxygens (including phenoxy) is 1. The Kier molecular flexibility index (Phi) is 4.90. The van der Waals surface area contributed by atoms with Crippen LogP contribution in [-0.2, 0) is 11.3 Å². The molecule has 0 aliphatic carbocycles. The van der Waals surface area contributed by atoms with Gasteiger partial charge in [-0.3, -0.25) is 0 Å². The van der Waals surface area contributed by atoms with Crippen molar-refractivity contribution in [2.75, 3.05) is 12.4 Å². The summed E-state index contributed by atoms with van der Waals surface area (Å²) < 4.78 is 5.84. The molecule has 0 aliphatic heterocycles. The van der Waals surface area contributed by atoms with E-state index >= 15 is 0 Å².